The van der Waals surface area contributed by atoms with Crippen molar-refractivity contribution < 1.29 is 4.79 Å². The van der Waals surface area contributed by atoms with Crippen LogP contribution in [0.15, 0.2) is 36.4 Å². The number of amides is 1. The summed E-state index contributed by atoms with van der Waals surface area (Å²) >= 11 is 0. The molecule has 2 heterocycles. The average molecular weight is 321 g/mol. The molecule has 24 heavy (non-hydrogen) atoms. The summed E-state index contributed by atoms with van der Waals surface area (Å²) in [7, 11) is 0. The van der Waals surface area contributed by atoms with E-state index in [2.05, 4.69) is 27.3 Å². The Hall–Kier alpha value is -2.94. The number of benzene rings is 1. The van der Waals surface area contributed by atoms with Crippen molar-refractivity contribution in [1.29, 1.82) is 5.26 Å². The van der Waals surface area contributed by atoms with Crippen molar-refractivity contribution >= 4 is 17.4 Å². The van der Waals surface area contributed by atoms with E-state index in [1.807, 2.05) is 12.1 Å². The van der Waals surface area contributed by atoms with Gasteiger partial charge in [0.25, 0.3) is 5.91 Å². The fraction of sp³-hybridized carbons (Fsp3) is 0.333. The van der Waals surface area contributed by atoms with E-state index in [9.17, 15) is 4.79 Å². The molecular weight excluding hydrogens is 302 g/mol. The molecule has 0 aliphatic carbocycles. The first-order valence-corrected chi connectivity index (χ1v) is 8.06. The maximum atomic E-state index is 12.2. The van der Waals surface area contributed by atoms with Gasteiger partial charge in [0.2, 0.25) is 0 Å². The first-order valence-electron chi connectivity index (χ1n) is 8.06. The third-order valence-electron chi connectivity index (χ3n) is 4.24. The molecule has 1 N–H and O–H groups in total. The van der Waals surface area contributed by atoms with E-state index in [1.165, 1.54) is 0 Å². The lowest BCUT2D eigenvalue weighted by Crippen LogP contribution is -2.33. The van der Waals surface area contributed by atoms with E-state index in [1.54, 1.807) is 30.3 Å². The Morgan fingerprint density at radius 1 is 1.25 bits per heavy atom. The third kappa shape index (κ3) is 3.69. The molecule has 1 amide bonds. The van der Waals surface area contributed by atoms with Crippen LogP contribution in [0.4, 0.5) is 11.5 Å². The largest absolute Gasteiger partial charge is 0.355 e. The molecule has 3 rings (SSSR count). The molecule has 0 saturated carbocycles. The lowest BCUT2D eigenvalue weighted by atomic mass is 9.99. The Balaban J connectivity index is 1.66. The molecule has 0 spiro atoms. The van der Waals surface area contributed by atoms with Gasteiger partial charge >= 0.3 is 0 Å². The Morgan fingerprint density at radius 3 is 2.71 bits per heavy atom. The molecule has 122 valence electrons. The minimum Gasteiger partial charge on any atom is -0.355 e. The second-order valence-corrected chi connectivity index (χ2v) is 6.09. The number of carbonyl (C=O) groups is 1. The topological polar surface area (TPSA) is 81.9 Å². The third-order valence-corrected chi connectivity index (χ3v) is 4.24. The molecule has 0 atom stereocenters. The van der Waals surface area contributed by atoms with Crippen LogP contribution >= 0.6 is 0 Å². The maximum Gasteiger partial charge on any atom is 0.276 e. The number of carbonyl (C=O) groups excluding carboxylic acids is 1. The molecule has 0 bridgehead atoms. The second kappa shape index (κ2) is 7.09. The van der Waals surface area contributed by atoms with Gasteiger partial charge in [-0.15, -0.1) is 10.2 Å². The molecule has 1 aromatic carbocycles. The number of piperidine rings is 1. The van der Waals surface area contributed by atoms with Gasteiger partial charge in [-0.3, -0.25) is 4.79 Å². The van der Waals surface area contributed by atoms with E-state index < -0.39 is 0 Å². The molecule has 1 aromatic heterocycles. The summed E-state index contributed by atoms with van der Waals surface area (Å²) in [6.45, 7) is 4.21. The van der Waals surface area contributed by atoms with Crippen molar-refractivity contribution in [2.24, 2.45) is 5.92 Å². The van der Waals surface area contributed by atoms with Crippen LogP contribution in [0.5, 0.6) is 0 Å². The Bertz CT molecular complexity index is 758. The van der Waals surface area contributed by atoms with Gasteiger partial charge in [0, 0.05) is 18.8 Å². The number of hydrogen-bond donors (Lipinski definition) is 1. The number of rotatable bonds is 3. The number of nitriles is 1. The molecule has 1 aliphatic rings. The zero-order valence-electron chi connectivity index (χ0n) is 13.6. The summed E-state index contributed by atoms with van der Waals surface area (Å²) in [4.78, 5) is 14.4. The first kappa shape index (κ1) is 15.9. The number of aromatic nitrogens is 2. The zero-order valence-corrected chi connectivity index (χ0v) is 13.6. The zero-order chi connectivity index (χ0) is 16.9. The summed E-state index contributed by atoms with van der Waals surface area (Å²) in [5, 5.41) is 19.9. The van der Waals surface area contributed by atoms with Crippen molar-refractivity contribution in [1.82, 2.24) is 10.2 Å². The summed E-state index contributed by atoms with van der Waals surface area (Å²) in [6, 6.07) is 12.3. The fourth-order valence-corrected chi connectivity index (χ4v) is 2.71. The quantitative estimate of drug-likeness (QED) is 0.940. The van der Waals surface area contributed by atoms with Crippen molar-refractivity contribution in [3.05, 3.63) is 47.7 Å². The lowest BCUT2D eigenvalue weighted by molar-refractivity contribution is 0.102. The van der Waals surface area contributed by atoms with Crippen LogP contribution in [0.2, 0.25) is 0 Å². The molecule has 1 saturated heterocycles. The Morgan fingerprint density at radius 2 is 2.04 bits per heavy atom. The molecule has 6 heteroatoms. The van der Waals surface area contributed by atoms with Gasteiger partial charge in [0.15, 0.2) is 11.5 Å². The van der Waals surface area contributed by atoms with E-state index >= 15 is 0 Å². The summed E-state index contributed by atoms with van der Waals surface area (Å²) in [6.07, 6.45) is 2.30. The van der Waals surface area contributed by atoms with E-state index in [4.69, 9.17) is 5.26 Å². The highest BCUT2D eigenvalue weighted by atomic mass is 16.1. The van der Waals surface area contributed by atoms with Crippen molar-refractivity contribution in [3.63, 3.8) is 0 Å². The molecule has 1 aliphatic heterocycles. The van der Waals surface area contributed by atoms with Gasteiger partial charge in [-0.05, 0) is 49.1 Å². The van der Waals surface area contributed by atoms with Crippen LogP contribution in [0, 0.1) is 17.2 Å². The first-order chi connectivity index (χ1) is 11.7. The van der Waals surface area contributed by atoms with Crippen molar-refractivity contribution in [2.75, 3.05) is 23.3 Å². The summed E-state index contributed by atoms with van der Waals surface area (Å²) in [5.41, 5.74) is 1.31. The number of nitrogens with one attached hydrogen (secondary N) is 1. The molecule has 1 fully saturated rings. The van der Waals surface area contributed by atoms with Crippen molar-refractivity contribution in [3.8, 4) is 6.07 Å². The fourth-order valence-electron chi connectivity index (χ4n) is 2.71. The highest BCUT2D eigenvalue weighted by Gasteiger charge is 2.18. The predicted molar refractivity (Wildman–Crippen MR) is 91.8 cm³/mol. The van der Waals surface area contributed by atoms with Crippen LogP contribution in [-0.4, -0.2) is 29.2 Å². The number of anilines is 2. The van der Waals surface area contributed by atoms with E-state index in [0.717, 1.165) is 37.7 Å². The van der Waals surface area contributed by atoms with Crippen LogP contribution in [0.25, 0.3) is 0 Å². The predicted octanol–water partition coefficient (Wildman–Crippen LogP) is 2.84. The lowest BCUT2D eigenvalue weighted by Gasteiger charge is -2.30. The van der Waals surface area contributed by atoms with Crippen molar-refractivity contribution in [2.45, 2.75) is 19.8 Å². The van der Waals surface area contributed by atoms with Gasteiger partial charge in [0.1, 0.15) is 0 Å². The normalized spacial score (nSPS) is 14.9. The smallest absolute Gasteiger partial charge is 0.276 e. The SMILES string of the molecule is CC1CCN(c2ccc(C(=O)Nc3cccc(C#N)c3)nn2)CC1. The monoisotopic (exact) mass is 321 g/mol. The van der Waals surface area contributed by atoms with Gasteiger partial charge in [0.05, 0.1) is 11.6 Å². The van der Waals surface area contributed by atoms with Crippen LogP contribution in [0.3, 0.4) is 0 Å². The number of hydrogen-bond acceptors (Lipinski definition) is 5. The minimum atomic E-state index is -0.337. The Kier molecular flexibility index (Phi) is 4.71. The molecule has 0 radical (unpaired) electrons. The van der Waals surface area contributed by atoms with Gasteiger partial charge < -0.3 is 10.2 Å². The van der Waals surface area contributed by atoms with Crippen LogP contribution < -0.4 is 10.2 Å². The molecule has 6 nitrogen and oxygen atoms in total. The maximum absolute atomic E-state index is 12.2. The second-order valence-electron chi connectivity index (χ2n) is 6.09. The minimum absolute atomic E-state index is 0.256. The molecular formula is C18H19N5O. The van der Waals surface area contributed by atoms with Crippen LogP contribution in [-0.2, 0) is 0 Å². The summed E-state index contributed by atoms with van der Waals surface area (Å²) < 4.78 is 0. The van der Waals surface area contributed by atoms with Gasteiger partial charge in [-0.1, -0.05) is 13.0 Å². The van der Waals surface area contributed by atoms with E-state index in [-0.39, 0.29) is 11.6 Å². The standard InChI is InChI=1S/C18H19N5O/c1-13-7-9-23(10-8-13)17-6-5-16(21-22-17)18(24)20-15-4-2-3-14(11-15)12-19/h2-6,11,13H,7-10H2,1H3,(H,20,24). The highest BCUT2D eigenvalue weighted by Crippen LogP contribution is 2.20. The van der Waals surface area contributed by atoms with Crippen LogP contribution in [0.1, 0.15) is 35.8 Å². The highest BCUT2D eigenvalue weighted by molar-refractivity contribution is 6.02. The average Bonchev–Trinajstić information content (AvgIpc) is 2.62. The molecule has 0 unspecified atom stereocenters. The summed E-state index contributed by atoms with van der Waals surface area (Å²) in [5.74, 6) is 1.23. The van der Waals surface area contributed by atoms with E-state index in [0.29, 0.717) is 11.3 Å². The van der Waals surface area contributed by atoms with Gasteiger partial charge in [-0.25, -0.2) is 0 Å². The molecule has 2 aromatic rings. The van der Waals surface area contributed by atoms with Gasteiger partial charge in [-0.2, -0.15) is 5.26 Å². The number of nitrogens with zero attached hydrogens (tertiary/aromatic N) is 4. The Labute approximate surface area is 141 Å².